The van der Waals surface area contributed by atoms with E-state index in [9.17, 15) is 41.2 Å². The van der Waals surface area contributed by atoms with E-state index < -0.39 is 85.9 Å². The number of amides is 5. The molecule has 5 atom stereocenters. The Bertz CT molecular complexity index is 2260. The molecule has 1 aromatic heterocycles. The minimum absolute atomic E-state index is 0.0349. The smallest absolute Gasteiger partial charge is 0.410 e. The summed E-state index contributed by atoms with van der Waals surface area (Å²) in [5, 5.41) is 8.50. The number of pyridine rings is 1. The summed E-state index contributed by atoms with van der Waals surface area (Å²) in [6, 6.07) is 8.39. The molecule has 4 heterocycles. The molecule has 7 rings (SSSR count). The largest absolute Gasteiger partial charge is 0.444 e. The number of aromatic nitrogens is 1. The fourth-order valence-corrected chi connectivity index (χ4v) is 9.23. The van der Waals surface area contributed by atoms with E-state index >= 15 is 0 Å². The van der Waals surface area contributed by atoms with Crippen LogP contribution in [0.15, 0.2) is 78.5 Å². The molecule has 0 unspecified atom stereocenters. The number of sulfonamides is 1. The number of nitrogens with zero attached hydrogens (tertiary/aromatic N) is 3. The molecule has 1 saturated heterocycles. The van der Waals surface area contributed by atoms with Gasteiger partial charge in [0.1, 0.15) is 40.3 Å². The molecule has 2 fully saturated rings. The van der Waals surface area contributed by atoms with Crippen molar-refractivity contribution < 1.29 is 45.9 Å². The van der Waals surface area contributed by atoms with Crippen molar-refractivity contribution >= 4 is 45.4 Å². The van der Waals surface area contributed by atoms with Gasteiger partial charge in [-0.15, -0.1) is 6.58 Å². The SMILES string of the molecule is C=C[C@@H]1C[C@@]12NC(=O)[C@@H]1C[C@@H](OC(=O)N3Cc4cccc(F)c4C3)CN1C(=O)[C@@H](NC(=O)c1cccnc1)CCCCCCCNc1ccc(F)cc1S(=O)(=O)NC2=O. The summed E-state index contributed by atoms with van der Waals surface area (Å²) >= 11 is 0. The summed E-state index contributed by atoms with van der Waals surface area (Å²) in [4.78, 5) is 75.8. The first-order chi connectivity index (χ1) is 28.3. The highest BCUT2D eigenvalue weighted by Gasteiger charge is 2.61. The molecule has 1 aliphatic carbocycles. The molecular formula is C41H45F2N7O8S. The third kappa shape index (κ3) is 8.91. The lowest BCUT2D eigenvalue weighted by Gasteiger charge is -2.30. The van der Waals surface area contributed by atoms with Crippen LogP contribution in [-0.2, 0) is 42.2 Å². The van der Waals surface area contributed by atoms with Gasteiger partial charge in [0.2, 0.25) is 11.8 Å². The maximum Gasteiger partial charge on any atom is 0.410 e. The van der Waals surface area contributed by atoms with Gasteiger partial charge in [0.25, 0.3) is 21.8 Å². The molecule has 15 nitrogen and oxygen atoms in total. The molecule has 3 aromatic rings. The number of nitrogens with one attached hydrogen (secondary N) is 4. The van der Waals surface area contributed by atoms with Crippen molar-refractivity contribution in [3.05, 3.63) is 102 Å². The molecule has 0 bridgehead atoms. The van der Waals surface area contributed by atoms with Crippen LogP contribution < -0.4 is 20.7 Å². The lowest BCUT2D eigenvalue weighted by atomic mass is 10.0. The third-order valence-electron chi connectivity index (χ3n) is 11.3. The van der Waals surface area contributed by atoms with Crippen LogP contribution in [0.25, 0.3) is 0 Å². The van der Waals surface area contributed by atoms with Gasteiger partial charge in [0.05, 0.1) is 24.3 Å². The van der Waals surface area contributed by atoms with Crippen molar-refractivity contribution in [3.63, 3.8) is 0 Å². The molecule has 4 N–H and O–H groups in total. The maximum atomic E-state index is 14.6. The van der Waals surface area contributed by atoms with Gasteiger partial charge >= 0.3 is 6.09 Å². The van der Waals surface area contributed by atoms with Crippen molar-refractivity contribution in [1.29, 1.82) is 0 Å². The number of benzene rings is 2. The lowest BCUT2D eigenvalue weighted by Crippen LogP contribution is -2.58. The Hall–Kier alpha value is -5.91. The van der Waals surface area contributed by atoms with Gasteiger partial charge in [0.15, 0.2) is 0 Å². The van der Waals surface area contributed by atoms with Crippen LogP contribution in [0.4, 0.5) is 19.3 Å². The normalized spacial score (nSPS) is 26.0. The molecule has 4 aliphatic rings. The van der Waals surface area contributed by atoms with Gasteiger partial charge in [-0.05, 0) is 61.2 Å². The quantitative estimate of drug-likeness (QED) is 0.280. The van der Waals surface area contributed by atoms with Crippen molar-refractivity contribution in [2.75, 3.05) is 18.4 Å². The van der Waals surface area contributed by atoms with Gasteiger partial charge in [0, 0.05) is 43.4 Å². The number of ether oxygens (including phenoxy) is 1. The molecular weight excluding hydrogens is 789 g/mol. The lowest BCUT2D eigenvalue weighted by molar-refractivity contribution is -0.141. The highest BCUT2D eigenvalue weighted by Crippen LogP contribution is 2.45. The summed E-state index contributed by atoms with van der Waals surface area (Å²) in [6.45, 7) is 3.87. The highest BCUT2D eigenvalue weighted by atomic mass is 32.2. The van der Waals surface area contributed by atoms with Crippen LogP contribution >= 0.6 is 0 Å². The van der Waals surface area contributed by atoms with Gasteiger partial charge in [-0.2, -0.15) is 0 Å². The zero-order chi connectivity index (χ0) is 41.9. The van der Waals surface area contributed by atoms with Crippen molar-refractivity contribution in [3.8, 4) is 0 Å². The van der Waals surface area contributed by atoms with E-state index in [4.69, 9.17) is 4.74 Å². The number of hydrogen-bond donors (Lipinski definition) is 4. The fourth-order valence-electron chi connectivity index (χ4n) is 7.99. The Labute approximate surface area is 340 Å². The predicted molar refractivity (Wildman–Crippen MR) is 209 cm³/mol. The number of hydrogen-bond acceptors (Lipinski definition) is 10. The minimum atomic E-state index is -4.69. The van der Waals surface area contributed by atoms with E-state index in [-0.39, 0.29) is 50.1 Å². The number of fused-ring (bicyclic) bond motifs is 3. The van der Waals surface area contributed by atoms with E-state index in [2.05, 4.69) is 27.5 Å². The Morgan fingerprint density at radius 3 is 2.56 bits per heavy atom. The molecule has 1 saturated carbocycles. The molecule has 0 radical (unpaired) electrons. The van der Waals surface area contributed by atoms with Gasteiger partial charge in [-0.1, -0.05) is 43.9 Å². The Balaban J connectivity index is 1.18. The number of carbonyl (C=O) groups is 5. The second-order valence-electron chi connectivity index (χ2n) is 15.3. The molecule has 59 heavy (non-hydrogen) atoms. The Morgan fingerprint density at radius 2 is 1.81 bits per heavy atom. The topological polar surface area (TPSA) is 196 Å². The van der Waals surface area contributed by atoms with Crippen LogP contribution in [0.3, 0.4) is 0 Å². The number of halogens is 2. The second kappa shape index (κ2) is 17.1. The zero-order valence-electron chi connectivity index (χ0n) is 32.1. The van der Waals surface area contributed by atoms with Gasteiger partial charge in [-0.3, -0.25) is 29.1 Å². The average Bonchev–Trinajstić information content (AvgIpc) is 3.50. The first kappa shape index (κ1) is 41.3. The van der Waals surface area contributed by atoms with E-state index in [1.807, 2.05) is 4.72 Å². The monoisotopic (exact) mass is 833 g/mol. The fraction of sp³-hybridized carbons (Fsp3) is 0.415. The molecule has 5 amide bonds. The van der Waals surface area contributed by atoms with Crippen LogP contribution in [0.1, 0.15) is 72.9 Å². The van der Waals surface area contributed by atoms with Crippen LogP contribution in [0.2, 0.25) is 0 Å². The summed E-state index contributed by atoms with van der Waals surface area (Å²) in [6.07, 6.45) is 5.62. The number of rotatable bonds is 4. The zero-order valence-corrected chi connectivity index (χ0v) is 32.9. The van der Waals surface area contributed by atoms with E-state index in [0.29, 0.717) is 36.9 Å². The van der Waals surface area contributed by atoms with E-state index in [1.54, 1.807) is 24.3 Å². The van der Waals surface area contributed by atoms with Crippen LogP contribution in [0.5, 0.6) is 0 Å². The van der Waals surface area contributed by atoms with Crippen molar-refractivity contribution in [2.45, 2.75) is 93.1 Å². The molecule has 18 heteroatoms. The standard InChI is InChI=1S/C41H45F2N7O8S/c1-2-27-20-41(27)39(54)48-59(56,57)35-18-28(42)14-15-32(35)45-17-7-5-3-4-6-13-33(46-36(51)25-11-9-16-44-21-25)38(53)50-23-29(19-34(50)37(52)47-41)58-40(55)49-22-26-10-8-12-31(43)30(26)24-49/h2,8-12,14-16,18,21,27,29,33-34,45H,1,3-7,13,17,19-20,22-24H2,(H,46,51)(H,47,52)(H,48,54)/t27-,29-,33+,34+,41-/m1/s1. The third-order valence-corrected chi connectivity index (χ3v) is 12.7. The number of carbonyl (C=O) groups excluding carboxylic acids is 5. The molecule has 2 aromatic carbocycles. The minimum Gasteiger partial charge on any atom is -0.444 e. The van der Waals surface area contributed by atoms with Crippen molar-refractivity contribution in [2.24, 2.45) is 5.92 Å². The Kier molecular flexibility index (Phi) is 12.0. The Morgan fingerprint density at radius 1 is 1.02 bits per heavy atom. The highest BCUT2D eigenvalue weighted by molar-refractivity contribution is 7.90. The molecule has 3 aliphatic heterocycles. The summed E-state index contributed by atoms with van der Waals surface area (Å²) in [5.41, 5.74) is -0.535. The van der Waals surface area contributed by atoms with Gasteiger partial charge in [-0.25, -0.2) is 26.7 Å². The summed E-state index contributed by atoms with van der Waals surface area (Å²) < 4.78 is 64.2. The van der Waals surface area contributed by atoms with E-state index in [1.165, 1.54) is 40.4 Å². The first-order valence-corrected chi connectivity index (χ1v) is 21.1. The van der Waals surface area contributed by atoms with Gasteiger partial charge < -0.3 is 25.6 Å². The second-order valence-corrected chi connectivity index (χ2v) is 17.0. The summed E-state index contributed by atoms with van der Waals surface area (Å²) in [7, 11) is -4.69. The maximum absolute atomic E-state index is 14.6. The number of anilines is 1. The van der Waals surface area contributed by atoms with E-state index in [0.717, 1.165) is 25.0 Å². The predicted octanol–water partition coefficient (Wildman–Crippen LogP) is 3.91. The average molecular weight is 834 g/mol. The van der Waals surface area contributed by atoms with Crippen molar-refractivity contribution in [1.82, 2.24) is 30.1 Å². The summed E-state index contributed by atoms with van der Waals surface area (Å²) in [5.74, 6) is -5.15. The van der Waals surface area contributed by atoms with Crippen LogP contribution in [-0.4, -0.2) is 89.7 Å². The first-order valence-electron chi connectivity index (χ1n) is 19.6. The molecule has 312 valence electrons. The molecule has 1 spiro atoms. The van der Waals surface area contributed by atoms with Crippen LogP contribution in [0, 0.1) is 17.6 Å².